The molecule has 1 aromatic rings. The average Bonchev–Trinajstić information content (AvgIpc) is 2.24. The van der Waals surface area contributed by atoms with Gasteiger partial charge in [0.2, 0.25) is 10.0 Å². The highest BCUT2D eigenvalue weighted by molar-refractivity contribution is 7.92. The summed E-state index contributed by atoms with van der Waals surface area (Å²) in [6, 6.07) is 7.44. The number of hydrogen-bond donors (Lipinski definition) is 3. The van der Waals surface area contributed by atoms with Crippen LogP contribution in [0.1, 0.15) is 18.5 Å². The van der Waals surface area contributed by atoms with Gasteiger partial charge in [0.15, 0.2) is 0 Å². The van der Waals surface area contributed by atoms with Crippen LogP contribution in [0.5, 0.6) is 0 Å². The van der Waals surface area contributed by atoms with Crippen molar-refractivity contribution < 1.29 is 8.42 Å². The van der Waals surface area contributed by atoms with Crippen LogP contribution in [0.25, 0.3) is 0 Å². The van der Waals surface area contributed by atoms with E-state index >= 15 is 0 Å². The Bertz CT molecular complexity index is 460. The molecule has 1 rings (SSSR count). The Labute approximate surface area is 102 Å². The molecule has 0 saturated heterocycles. The molecule has 96 valence electrons. The Morgan fingerprint density at radius 3 is 2.71 bits per heavy atom. The van der Waals surface area contributed by atoms with E-state index in [2.05, 4.69) is 10.0 Å². The minimum atomic E-state index is -3.23. The van der Waals surface area contributed by atoms with Crippen LogP contribution in [0.2, 0.25) is 0 Å². The second-order valence-electron chi connectivity index (χ2n) is 3.96. The highest BCUT2D eigenvalue weighted by atomic mass is 32.2. The van der Waals surface area contributed by atoms with Crippen LogP contribution < -0.4 is 15.8 Å². The number of nitrogens with one attached hydrogen (secondary N) is 2. The van der Waals surface area contributed by atoms with Crippen LogP contribution in [-0.2, 0) is 10.0 Å². The van der Waals surface area contributed by atoms with E-state index in [4.69, 9.17) is 5.73 Å². The van der Waals surface area contributed by atoms with Gasteiger partial charge in [-0.05, 0) is 24.6 Å². The molecule has 6 heteroatoms. The standard InChI is InChI=1S/C11H19N3O2S/c1-9(13-7-6-12)10-4-3-5-11(8-10)14-17(2,15)16/h3-5,8-9,13-14H,6-7,12H2,1-2H3. The van der Waals surface area contributed by atoms with Gasteiger partial charge in [0.05, 0.1) is 6.26 Å². The molecular formula is C11H19N3O2S. The molecule has 0 aliphatic carbocycles. The van der Waals surface area contributed by atoms with Crippen molar-refractivity contribution in [2.24, 2.45) is 5.73 Å². The van der Waals surface area contributed by atoms with Crippen LogP contribution in [-0.4, -0.2) is 27.8 Å². The lowest BCUT2D eigenvalue weighted by Gasteiger charge is -2.14. The van der Waals surface area contributed by atoms with Crippen molar-refractivity contribution in [1.29, 1.82) is 0 Å². The van der Waals surface area contributed by atoms with Gasteiger partial charge in [0.25, 0.3) is 0 Å². The number of benzene rings is 1. The molecule has 0 saturated carbocycles. The Hall–Kier alpha value is -1.11. The van der Waals surface area contributed by atoms with Gasteiger partial charge in [-0.3, -0.25) is 4.72 Å². The van der Waals surface area contributed by atoms with Gasteiger partial charge in [-0.1, -0.05) is 12.1 Å². The average molecular weight is 257 g/mol. The minimum absolute atomic E-state index is 0.139. The van der Waals surface area contributed by atoms with Crippen molar-refractivity contribution in [2.75, 3.05) is 24.1 Å². The van der Waals surface area contributed by atoms with E-state index in [1.54, 1.807) is 6.07 Å². The molecule has 0 heterocycles. The second-order valence-corrected chi connectivity index (χ2v) is 5.71. The first-order valence-corrected chi connectivity index (χ1v) is 7.32. The van der Waals surface area contributed by atoms with Gasteiger partial charge in [-0.15, -0.1) is 0 Å². The molecule has 0 aromatic heterocycles. The minimum Gasteiger partial charge on any atom is -0.329 e. The topological polar surface area (TPSA) is 84.2 Å². The summed E-state index contributed by atoms with van der Waals surface area (Å²) in [5.74, 6) is 0. The van der Waals surface area contributed by atoms with E-state index in [-0.39, 0.29) is 6.04 Å². The van der Waals surface area contributed by atoms with Crippen molar-refractivity contribution >= 4 is 15.7 Å². The van der Waals surface area contributed by atoms with Crippen LogP contribution in [0.4, 0.5) is 5.69 Å². The van der Waals surface area contributed by atoms with E-state index in [0.717, 1.165) is 18.4 Å². The highest BCUT2D eigenvalue weighted by Gasteiger charge is 2.06. The zero-order valence-electron chi connectivity index (χ0n) is 10.1. The van der Waals surface area contributed by atoms with Gasteiger partial charge in [0, 0.05) is 24.8 Å². The monoisotopic (exact) mass is 257 g/mol. The predicted molar refractivity (Wildman–Crippen MR) is 70.4 cm³/mol. The zero-order chi connectivity index (χ0) is 12.9. The van der Waals surface area contributed by atoms with Gasteiger partial charge >= 0.3 is 0 Å². The lowest BCUT2D eigenvalue weighted by atomic mass is 10.1. The second kappa shape index (κ2) is 6.00. The molecule has 0 amide bonds. The van der Waals surface area contributed by atoms with E-state index in [9.17, 15) is 8.42 Å². The molecule has 0 bridgehead atoms. The predicted octanol–water partition coefficient (Wildman–Crippen LogP) is 0.667. The smallest absolute Gasteiger partial charge is 0.229 e. The van der Waals surface area contributed by atoms with Crippen LogP contribution in [0.3, 0.4) is 0 Å². The number of hydrogen-bond acceptors (Lipinski definition) is 4. The fraction of sp³-hybridized carbons (Fsp3) is 0.455. The third-order valence-electron chi connectivity index (χ3n) is 2.28. The summed E-state index contributed by atoms with van der Waals surface area (Å²) in [4.78, 5) is 0. The fourth-order valence-corrected chi connectivity index (χ4v) is 2.06. The summed E-state index contributed by atoms with van der Waals surface area (Å²) in [6.07, 6.45) is 1.13. The zero-order valence-corrected chi connectivity index (χ0v) is 10.9. The summed E-state index contributed by atoms with van der Waals surface area (Å²) in [5.41, 5.74) is 7.01. The Morgan fingerprint density at radius 2 is 2.12 bits per heavy atom. The quantitative estimate of drug-likeness (QED) is 0.699. The normalized spacial score (nSPS) is 13.4. The van der Waals surface area contributed by atoms with Crippen molar-refractivity contribution in [3.63, 3.8) is 0 Å². The SMILES string of the molecule is CC(NCCN)c1cccc(NS(C)(=O)=O)c1. The molecule has 0 aliphatic rings. The maximum Gasteiger partial charge on any atom is 0.229 e. The Kier molecular flexibility index (Phi) is 4.92. The van der Waals surface area contributed by atoms with Gasteiger partial charge < -0.3 is 11.1 Å². The maximum atomic E-state index is 11.1. The van der Waals surface area contributed by atoms with Gasteiger partial charge in [0.1, 0.15) is 0 Å². The van der Waals surface area contributed by atoms with Crippen molar-refractivity contribution in [2.45, 2.75) is 13.0 Å². The third-order valence-corrected chi connectivity index (χ3v) is 2.89. The van der Waals surface area contributed by atoms with Crippen LogP contribution >= 0.6 is 0 Å². The molecule has 1 atom stereocenters. The van der Waals surface area contributed by atoms with Crippen molar-refractivity contribution in [3.8, 4) is 0 Å². The van der Waals surface area contributed by atoms with Gasteiger partial charge in [-0.2, -0.15) is 0 Å². The third kappa shape index (κ3) is 5.16. The van der Waals surface area contributed by atoms with Crippen molar-refractivity contribution in [3.05, 3.63) is 29.8 Å². The molecule has 0 aliphatic heterocycles. The number of sulfonamides is 1. The van der Waals surface area contributed by atoms with E-state index in [0.29, 0.717) is 12.2 Å². The number of nitrogens with two attached hydrogens (primary N) is 1. The lowest BCUT2D eigenvalue weighted by molar-refractivity contribution is 0.582. The summed E-state index contributed by atoms with van der Waals surface area (Å²) in [6.45, 7) is 3.31. The van der Waals surface area contributed by atoms with E-state index in [1.165, 1.54) is 0 Å². The molecule has 1 aromatic carbocycles. The van der Waals surface area contributed by atoms with Crippen LogP contribution in [0.15, 0.2) is 24.3 Å². The molecule has 17 heavy (non-hydrogen) atoms. The first-order chi connectivity index (χ1) is 7.92. The lowest BCUT2D eigenvalue weighted by Crippen LogP contribution is -2.25. The van der Waals surface area contributed by atoms with Crippen LogP contribution in [0, 0.1) is 0 Å². The summed E-state index contributed by atoms with van der Waals surface area (Å²) in [7, 11) is -3.23. The van der Waals surface area contributed by atoms with Gasteiger partial charge in [-0.25, -0.2) is 8.42 Å². The fourth-order valence-electron chi connectivity index (χ4n) is 1.50. The Balaban J connectivity index is 2.78. The summed E-state index contributed by atoms with van der Waals surface area (Å²) >= 11 is 0. The largest absolute Gasteiger partial charge is 0.329 e. The summed E-state index contributed by atoms with van der Waals surface area (Å²) < 4.78 is 24.7. The first kappa shape index (κ1) is 14.0. The molecular weight excluding hydrogens is 238 g/mol. The highest BCUT2D eigenvalue weighted by Crippen LogP contribution is 2.17. The van der Waals surface area contributed by atoms with E-state index in [1.807, 2.05) is 25.1 Å². The molecule has 1 unspecified atom stereocenters. The maximum absolute atomic E-state index is 11.1. The van der Waals surface area contributed by atoms with Crippen molar-refractivity contribution in [1.82, 2.24) is 5.32 Å². The molecule has 4 N–H and O–H groups in total. The summed E-state index contributed by atoms with van der Waals surface area (Å²) in [5, 5.41) is 3.24. The number of anilines is 1. The molecule has 0 fully saturated rings. The van der Waals surface area contributed by atoms with E-state index < -0.39 is 10.0 Å². The first-order valence-electron chi connectivity index (χ1n) is 5.43. The number of rotatable bonds is 6. The Morgan fingerprint density at radius 1 is 1.41 bits per heavy atom. The molecule has 5 nitrogen and oxygen atoms in total. The molecule has 0 spiro atoms. The molecule has 0 radical (unpaired) electrons.